The molecule has 0 spiro atoms. The van der Waals surface area contributed by atoms with Crippen LogP contribution in [0.3, 0.4) is 0 Å². The molecule has 2 heterocycles. The van der Waals surface area contributed by atoms with Gasteiger partial charge in [0, 0.05) is 13.1 Å². The lowest BCUT2D eigenvalue weighted by molar-refractivity contribution is 0.0683. The number of rotatable bonds is 7. The fourth-order valence-electron chi connectivity index (χ4n) is 3.55. The van der Waals surface area contributed by atoms with Gasteiger partial charge in [-0.15, -0.1) is 5.10 Å². The predicted molar refractivity (Wildman–Crippen MR) is 109 cm³/mol. The van der Waals surface area contributed by atoms with Gasteiger partial charge in [-0.25, -0.2) is 4.68 Å². The summed E-state index contributed by atoms with van der Waals surface area (Å²) in [6.45, 7) is 11.6. The zero-order valence-corrected chi connectivity index (χ0v) is 17.3. The molecule has 1 amide bonds. The predicted octanol–water partition coefficient (Wildman–Crippen LogP) is 2.82. The Morgan fingerprint density at radius 2 is 1.93 bits per heavy atom. The monoisotopic (exact) mass is 385 g/mol. The van der Waals surface area contributed by atoms with E-state index in [2.05, 4.69) is 22.6 Å². The maximum absolute atomic E-state index is 12.9. The molecule has 0 unspecified atom stereocenters. The fraction of sp³-hybridized carbons (Fsp3) is 0.571. The van der Waals surface area contributed by atoms with Crippen molar-refractivity contribution in [3.8, 4) is 11.4 Å². The summed E-state index contributed by atoms with van der Waals surface area (Å²) in [5.74, 6) is 1.44. The van der Waals surface area contributed by atoms with Gasteiger partial charge < -0.3 is 15.0 Å². The molecule has 0 radical (unpaired) electrons. The summed E-state index contributed by atoms with van der Waals surface area (Å²) in [5.41, 5.74) is 2.06. The quantitative estimate of drug-likeness (QED) is 0.793. The lowest BCUT2D eigenvalue weighted by Gasteiger charge is -2.31. The molecule has 0 atom stereocenters. The summed E-state index contributed by atoms with van der Waals surface area (Å²) in [5, 5.41) is 11.8. The van der Waals surface area contributed by atoms with Gasteiger partial charge in [0.2, 0.25) is 0 Å². The van der Waals surface area contributed by atoms with Crippen molar-refractivity contribution >= 4 is 5.91 Å². The minimum atomic E-state index is -0.0228. The highest BCUT2D eigenvalue weighted by molar-refractivity contribution is 5.93. The van der Waals surface area contributed by atoms with Crippen LogP contribution in [0.4, 0.5) is 0 Å². The molecule has 3 rings (SSSR count). The number of piperidine rings is 1. The summed E-state index contributed by atoms with van der Waals surface area (Å²) >= 11 is 0. The second kappa shape index (κ2) is 9.19. The number of likely N-dealkylation sites (tertiary alicyclic amines) is 1. The number of benzene rings is 1. The van der Waals surface area contributed by atoms with Crippen molar-refractivity contribution < 1.29 is 9.53 Å². The van der Waals surface area contributed by atoms with Gasteiger partial charge in [0.1, 0.15) is 5.75 Å². The maximum Gasteiger partial charge on any atom is 0.276 e. The lowest BCUT2D eigenvalue weighted by Crippen LogP contribution is -2.41. The highest BCUT2D eigenvalue weighted by Gasteiger charge is 2.27. The highest BCUT2D eigenvalue weighted by atomic mass is 16.5. The van der Waals surface area contributed by atoms with Crippen molar-refractivity contribution in [1.82, 2.24) is 25.2 Å². The smallest absolute Gasteiger partial charge is 0.276 e. The summed E-state index contributed by atoms with van der Waals surface area (Å²) in [4.78, 5) is 14.8. The fourth-order valence-corrected chi connectivity index (χ4v) is 3.55. The van der Waals surface area contributed by atoms with Crippen molar-refractivity contribution in [2.75, 3.05) is 26.2 Å². The number of nitrogens with zero attached hydrogens (tertiary/aromatic N) is 4. The molecule has 2 aromatic rings. The molecule has 1 aliphatic heterocycles. The number of carbonyl (C=O) groups excluding carboxylic acids is 1. The molecule has 0 bridgehead atoms. The van der Waals surface area contributed by atoms with E-state index in [-0.39, 0.29) is 12.0 Å². The molecule has 7 nitrogen and oxygen atoms in total. The Balaban J connectivity index is 1.66. The average molecular weight is 386 g/mol. The van der Waals surface area contributed by atoms with Gasteiger partial charge in [-0.05, 0) is 76.9 Å². The molecular weight excluding hydrogens is 354 g/mol. The number of hydrogen-bond acceptors (Lipinski definition) is 5. The van der Waals surface area contributed by atoms with Gasteiger partial charge in [-0.3, -0.25) is 4.79 Å². The van der Waals surface area contributed by atoms with Gasteiger partial charge in [0.05, 0.1) is 17.5 Å². The minimum absolute atomic E-state index is 0.0228. The third-order valence-corrected chi connectivity index (χ3v) is 5.13. The van der Waals surface area contributed by atoms with Crippen molar-refractivity contribution in [1.29, 1.82) is 0 Å². The lowest BCUT2D eigenvalue weighted by atomic mass is 9.96. The first kappa shape index (κ1) is 20.3. The van der Waals surface area contributed by atoms with Crippen molar-refractivity contribution in [3.63, 3.8) is 0 Å². The van der Waals surface area contributed by atoms with E-state index < -0.39 is 0 Å². The Hall–Kier alpha value is -2.41. The molecule has 28 heavy (non-hydrogen) atoms. The zero-order valence-electron chi connectivity index (χ0n) is 17.3. The summed E-state index contributed by atoms with van der Waals surface area (Å²) in [6, 6.07) is 7.68. The molecular formula is C21H31N5O2. The van der Waals surface area contributed by atoms with Crippen LogP contribution < -0.4 is 10.1 Å². The van der Waals surface area contributed by atoms with E-state index >= 15 is 0 Å². The third-order valence-electron chi connectivity index (χ3n) is 5.13. The van der Waals surface area contributed by atoms with E-state index in [1.807, 2.05) is 49.9 Å². The first-order valence-corrected chi connectivity index (χ1v) is 10.2. The summed E-state index contributed by atoms with van der Waals surface area (Å²) in [7, 11) is 0. The van der Waals surface area contributed by atoms with E-state index in [0.717, 1.165) is 56.2 Å². The molecule has 1 saturated heterocycles. The van der Waals surface area contributed by atoms with E-state index in [1.165, 1.54) is 0 Å². The number of ether oxygens (including phenoxy) is 1. The van der Waals surface area contributed by atoms with Crippen LogP contribution in [0.1, 0.15) is 49.8 Å². The van der Waals surface area contributed by atoms with Crippen molar-refractivity contribution in [3.05, 3.63) is 35.7 Å². The Bertz CT molecular complexity index is 777. The van der Waals surface area contributed by atoms with Crippen LogP contribution >= 0.6 is 0 Å². The van der Waals surface area contributed by atoms with Gasteiger partial charge in [0.25, 0.3) is 5.91 Å². The number of nitrogens with one attached hydrogen (secondary N) is 1. The average Bonchev–Trinajstić information content (AvgIpc) is 3.08. The second-order valence-corrected chi connectivity index (χ2v) is 7.64. The van der Waals surface area contributed by atoms with E-state index in [9.17, 15) is 4.79 Å². The molecule has 1 aromatic heterocycles. The largest absolute Gasteiger partial charge is 0.491 e. The topological polar surface area (TPSA) is 72.3 Å². The van der Waals surface area contributed by atoms with Crippen molar-refractivity contribution in [2.45, 2.75) is 46.6 Å². The van der Waals surface area contributed by atoms with Crippen LogP contribution in [0.25, 0.3) is 5.69 Å². The van der Waals surface area contributed by atoms with Gasteiger partial charge in [0.15, 0.2) is 5.69 Å². The molecule has 1 aromatic carbocycles. The molecule has 7 heteroatoms. The van der Waals surface area contributed by atoms with Crippen LogP contribution in [0.5, 0.6) is 5.75 Å². The number of hydrogen-bond donors (Lipinski definition) is 1. The SMILES string of the molecule is CCNCC1CCN(C(=O)c2nnn(-c3ccc(OC(C)C)cc3)c2C)CC1. The third kappa shape index (κ3) is 4.70. The van der Waals surface area contributed by atoms with Gasteiger partial charge in [-0.2, -0.15) is 0 Å². The highest BCUT2D eigenvalue weighted by Crippen LogP contribution is 2.21. The van der Waals surface area contributed by atoms with Gasteiger partial charge in [-0.1, -0.05) is 12.1 Å². The Labute approximate surface area is 167 Å². The van der Waals surface area contributed by atoms with Crippen LogP contribution in [0.2, 0.25) is 0 Å². The van der Waals surface area contributed by atoms with Crippen molar-refractivity contribution in [2.24, 2.45) is 5.92 Å². The molecule has 1 aliphatic rings. The summed E-state index contributed by atoms with van der Waals surface area (Å²) < 4.78 is 7.39. The molecule has 0 saturated carbocycles. The van der Waals surface area contributed by atoms with Crippen LogP contribution in [0.15, 0.2) is 24.3 Å². The standard InChI is InChI=1S/C21H31N5O2/c1-5-22-14-17-10-12-25(13-11-17)21(27)20-16(4)26(24-23-20)18-6-8-19(9-7-18)28-15(2)3/h6-9,15,17,22H,5,10-14H2,1-4H3. The zero-order chi connectivity index (χ0) is 20.1. The van der Waals surface area contributed by atoms with E-state index in [4.69, 9.17) is 4.74 Å². The number of carbonyl (C=O) groups is 1. The first-order valence-electron chi connectivity index (χ1n) is 10.2. The Kier molecular flexibility index (Phi) is 6.67. The first-order chi connectivity index (χ1) is 13.5. The molecule has 1 N–H and O–H groups in total. The van der Waals surface area contributed by atoms with Gasteiger partial charge >= 0.3 is 0 Å². The van der Waals surface area contributed by atoms with E-state index in [0.29, 0.717) is 11.6 Å². The van der Waals surface area contributed by atoms with Crippen LogP contribution in [-0.4, -0.2) is 58.1 Å². The van der Waals surface area contributed by atoms with Crippen LogP contribution in [-0.2, 0) is 0 Å². The number of amides is 1. The molecule has 152 valence electrons. The maximum atomic E-state index is 12.9. The summed E-state index contributed by atoms with van der Waals surface area (Å²) in [6.07, 6.45) is 2.19. The Morgan fingerprint density at radius 1 is 1.25 bits per heavy atom. The number of aromatic nitrogens is 3. The van der Waals surface area contributed by atoms with Crippen LogP contribution in [0, 0.1) is 12.8 Å². The minimum Gasteiger partial charge on any atom is -0.491 e. The Morgan fingerprint density at radius 3 is 2.54 bits per heavy atom. The second-order valence-electron chi connectivity index (χ2n) is 7.64. The molecule has 1 fully saturated rings. The normalized spacial score (nSPS) is 15.2. The molecule has 0 aliphatic carbocycles. The van der Waals surface area contributed by atoms with E-state index in [1.54, 1.807) is 4.68 Å².